The molecular weight excluding hydrogens is 262 g/mol. The highest BCUT2D eigenvalue weighted by Gasteiger charge is 2.29. The first-order chi connectivity index (χ1) is 9.72. The molecule has 0 saturated heterocycles. The number of ether oxygens (including phenoxy) is 2. The molecule has 1 aliphatic carbocycles. The van der Waals surface area contributed by atoms with Gasteiger partial charge in [-0.05, 0) is 12.8 Å². The van der Waals surface area contributed by atoms with E-state index in [2.05, 4.69) is 19.8 Å². The summed E-state index contributed by atoms with van der Waals surface area (Å²) in [6.45, 7) is 2.44. The maximum Gasteiger partial charge on any atom is 0.306 e. The number of hydrogen-bond acceptors (Lipinski definition) is 7. The van der Waals surface area contributed by atoms with Crippen molar-refractivity contribution in [3.63, 3.8) is 0 Å². The average Bonchev–Trinajstić information content (AvgIpc) is 3.21. The Hall–Kier alpha value is -1.47. The second kappa shape index (κ2) is 7.35. The molecule has 0 spiro atoms. The molecule has 1 aliphatic rings. The minimum atomic E-state index is -0.223. The molecule has 1 fully saturated rings. The van der Waals surface area contributed by atoms with Gasteiger partial charge in [-0.2, -0.15) is 4.98 Å². The summed E-state index contributed by atoms with van der Waals surface area (Å²) in [6, 6.07) is 0. The predicted octanol–water partition coefficient (Wildman–Crippen LogP) is 0.958. The van der Waals surface area contributed by atoms with E-state index in [0.717, 1.165) is 18.7 Å². The monoisotopic (exact) mass is 283 g/mol. The molecule has 1 saturated carbocycles. The van der Waals surface area contributed by atoms with Gasteiger partial charge < -0.3 is 14.0 Å². The van der Waals surface area contributed by atoms with E-state index < -0.39 is 0 Å². The molecule has 0 aliphatic heterocycles. The molecule has 1 heterocycles. The predicted molar refractivity (Wildman–Crippen MR) is 70.1 cm³/mol. The summed E-state index contributed by atoms with van der Waals surface area (Å²) < 4.78 is 15.0. The molecule has 1 aromatic heterocycles. The number of rotatable bonds is 9. The number of hydrogen-bond donors (Lipinski definition) is 0. The van der Waals surface area contributed by atoms with Crippen molar-refractivity contribution in [1.82, 2.24) is 15.0 Å². The van der Waals surface area contributed by atoms with Crippen LogP contribution >= 0.6 is 0 Å². The summed E-state index contributed by atoms with van der Waals surface area (Å²) in [5.74, 6) is 1.63. The topological polar surface area (TPSA) is 77.7 Å². The summed E-state index contributed by atoms with van der Waals surface area (Å²) in [5, 5.41) is 3.99. The van der Waals surface area contributed by atoms with Gasteiger partial charge in [-0.15, -0.1) is 0 Å². The standard InChI is InChI=1S/C13H21N3O4/c1-18-8-7-16(6-5-12(17)19-2)9-11-14-13(20-15-11)10-3-4-10/h10H,3-9H2,1-2H3. The summed E-state index contributed by atoms with van der Waals surface area (Å²) in [7, 11) is 3.04. The minimum absolute atomic E-state index is 0.223. The fraction of sp³-hybridized carbons (Fsp3) is 0.769. The molecule has 0 atom stereocenters. The van der Waals surface area contributed by atoms with E-state index in [1.54, 1.807) is 7.11 Å². The molecule has 7 nitrogen and oxygen atoms in total. The molecule has 1 aromatic rings. The van der Waals surface area contributed by atoms with Crippen LogP contribution in [-0.2, 0) is 20.8 Å². The lowest BCUT2D eigenvalue weighted by Gasteiger charge is -2.19. The number of esters is 1. The molecule has 0 amide bonds. The lowest BCUT2D eigenvalue weighted by atomic mass is 10.3. The van der Waals surface area contributed by atoms with E-state index in [1.165, 1.54) is 7.11 Å². The Labute approximate surface area is 118 Å². The summed E-state index contributed by atoms with van der Waals surface area (Å²) >= 11 is 0. The van der Waals surface area contributed by atoms with E-state index in [9.17, 15) is 4.79 Å². The smallest absolute Gasteiger partial charge is 0.306 e. The number of carbonyl (C=O) groups excluding carboxylic acids is 1. The van der Waals surface area contributed by atoms with Crippen molar-refractivity contribution in [2.45, 2.75) is 31.7 Å². The van der Waals surface area contributed by atoms with Gasteiger partial charge in [0.15, 0.2) is 5.82 Å². The second-order valence-electron chi connectivity index (χ2n) is 4.92. The first kappa shape index (κ1) is 14.9. The highest BCUT2D eigenvalue weighted by atomic mass is 16.5. The molecule has 7 heteroatoms. The first-order valence-electron chi connectivity index (χ1n) is 6.83. The van der Waals surface area contributed by atoms with Crippen molar-refractivity contribution in [1.29, 1.82) is 0 Å². The van der Waals surface area contributed by atoms with Gasteiger partial charge in [-0.3, -0.25) is 9.69 Å². The van der Waals surface area contributed by atoms with Crippen LogP contribution in [0.5, 0.6) is 0 Å². The molecule has 0 bridgehead atoms. The van der Waals surface area contributed by atoms with Crippen molar-refractivity contribution in [3.05, 3.63) is 11.7 Å². The SMILES string of the molecule is COCCN(CCC(=O)OC)Cc1noc(C2CC2)n1. The molecule has 112 valence electrons. The molecule has 0 radical (unpaired) electrons. The zero-order valence-corrected chi connectivity index (χ0v) is 12.0. The Morgan fingerprint density at radius 2 is 2.20 bits per heavy atom. The maximum atomic E-state index is 11.2. The van der Waals surface area contributed by atoms with Gasteiger partial charge in [0.2, 0.25) is 5.89 Å². The quantitative estimate of drug-likeness (QED) is 0.624. The van der Waals surface area contributed by atoms with E-state index >= 15 is 0 Å². The van der Waals surface area contributed by atoms with Crippen molar-refractivity contribution in [3.8, 4) is 0 Å². The summed E-state index contributed by atoms with van der Waals surface area (Å²) in [4.78, 5) is 17.7. The third-order valence-electron chi connectivity index (χ3n) is 3.25. The number of methoxy groups -OCH3 is 2. The van der Waals surface area contributed by atoms with Crippen molar-refractivity contribution >= 4 is 5.97 Å². The van der Waals surface area contributed by atoms with Crippen LogP contribution in [-0.4, -0.2) is 54.9 Å². The maximum absolute atomic E-state index is 11.2. The van der Waals surface area contributed by atoms with Gasteiger partial charge in [-0.1, -0.05) is 5.16 Å². The lowest BCUT2D eigenvalue weighted by molar-refractivity contribution is -0.141. The van der Waals surface area contributed by atoms with E-state index in [0.29, 0.717) is 44.4 Å². The third kappa shape index (κ3) is 4.57. The molecule has 0 N–H and O–H groups in total. The van der Waals surface area contributed by atoms with Gasteiger partial charge in [-0.25, -0.2) is 0 Å². The third-order valence-corrected chi connectivity index (χ3v) is 3.25. The Kier molecular flexibility index (Phi) is 5.49. The fourth-order valence-electron chi connectivity index (χ4n) is 1.87. The fourth-order valence-corrected chi connectivity index (χ4v) is 1.87. The van der Waals surface area contributed by atoms with Crippen LogP contribution in [0, 0.1) is 0 Å². The first-order valence-corrected chi connectivity index (χ1v) is 6.83. The van der Waals surface area contributed by atoms with Crippen LogP contribution in [0.15, 0.2) is 4.52 Å². The van der Waals surface area contributed by atoms with Crippen LogP contribution in [0.1, 0.15) is 36.9 Å². The van der Waals surface area contributed by atoms with Gasteiger partial charge >= 0.3 is 5.97 Å². The normalized spacial score (nSPS) is 14.8. The van der Waals surface area contributed by atoms with Crippen molar-refractivity contribution < 1.29 is 18.8 Å². The summed E-state index contributed by atoms with van der Waals surface area (Å²) in [6.07, 6.45) is 2.61. The van der Waals surface area contributed by atoms with E-state index in [-0.39, 0.29) is 5.97 Å². The van der Waals surface area contributed by atoms with Crippen LogP contribution in [0.3, 0.4) is 0 Å². The molecule has 0 unspecified atom stereocenters. The van der Waals surface area contributed by atoms with Crippen molar-refractivity contribution in [2.75, 3.05) is 33.9 Å². The Balaban J connectivity index is 1.85. The minimum Gasteiger partial charge on any atom is -0.469 e. The second-order valence-corrected chi connectivity index (χ2v) is 4.92. The number of nitrogens with zero attached hydrogens (tertiary/aromatic N) is 3. The highest BCUT2D eigenvalue weighted by Crippen LogP contribution is 2.38. The molecule has 0 aromatic carbocycles. The Morgan fingerprint density at radius 3 is 2.85 bits per heavy atom. The van der Waals surface area contributed by atoms with E-state index in [1.807, 2.05) is 0 Å². The number of aromatic nitrogens is 2. The average molecular weight is 283 g/mol. The lowest BCUT2D eigenvalue weighted by Crippen LogP contribution is -2.30. The van der Waals surface area contributed by atoms with Crippen LogP contribution in [0.4, 0.5) is 0 Å². The number of carbonyl (C=O) groups is 1. The largest absolute Gasteiger partial charge is 0.469 e. The zero-order chi connectivity index (χ0) is 14.4. The van der Waals surface area contributed by atoms with Crippen LogP contribution in [0.25, 0.3) is 0 Å². The molecule has 2 rings (SSSR count). The Bertz CT molecular complexity index is 431. The Morgan fingerprint density at radius 1 is 1.40 bits per heavy atom. The van der Waals surface area contributed by atoms with Gasteiger partial charge in [0.25, 0.3) is 0 Å². The van der Waals surface area contributed by atoms with Crippen LogP contribution < -0.4 is 0 Å². The summed E-state index contributed by atoms with van der Waals surface area (Å²) in [5.41, 5.74) is 0. The molecule has 20 heavy (non-hydrogen) atoms. The van der Waals surface area contributed by atoms with E-state index in [4.69, 9.17) is 9.26 Å². The highest BCUT2D eigenvalue weighted by molar-refractivity contribution is 5.69. The molecular formula is C13H21N3O4. The van der Waals surface area contributed by atoms with Gasteiger partial charge in [0, 0.05) is 26.1 Å². The van der Waals surface area contributed by atoms with Gasteiger partial charge in [0.05, 0.1) is 26.7 Å². The van der Waals surface area contributed by atoms with Crippen molar-refractivity contribution in [2.24, 2.45) is 0 Å². The van der Waals surface area contributed by atoms with Gasteiger partial charge in [0.1, 0.15) is 0 Å². The zero-order valence-electron chi connectivity index (χ0n) is 12.0. The van der Waals surface area contributed by atoms with Crippen LogP contribution in [0.2, 0.25) is 0 Å².